The van der Waals surface area contributed by atoms with Gasteiger partial charge >= 0.3 is 0 Å². The maximum absolute atomic E-state index is 11.5. The monoisotopic (exact) mass is 206 g/mol. The van der Waals surface area contributed by atoms with E-state index in [9.17, 15) is 4.79 Å². The average Bonchev–Trinajstić information content (AvgIpc) is 2.72. The summed E-state index contributed by atoms with van der Waals surface area (Å²) in [4.78, 5) is 16.4. The minimum Gasteiger partial charge on any atom is -0.384 e. The molecule has 0 unspecified atom stereocenters. The topological polar surface area (TPSA) is 50.4 Å². The smallest absolute Gasteiger partial charge is 0.274 e. The summed E-state index contributed by atoms with van der Waals surface area (Å²) >= 11 is 0. The second-order valence-electron chi connectivity index (χ2n) is 3.41. The van der Waals surface area contributed by atoms with Crippen molar-refractivity contribution in [2.75, 3.05) is 18.5 Å². The van der Waals surface area contributed by atoms with Gasteiger partial charge in [-0.15, -0.1) is 0 Å². The van der Waals surface area contributed by atoms with Crippen LogP contribution >= 0.6 is 0 Å². The van der Waals surface area contributed by atoms with Gasteiger partial charge in [-0.2, -0.15) is 0 Å². The molecule has 0 spiro atoms. The molecule has 2 rings (SSSR count). The lowest BCUT2D eigenvalue weighted by Gasteiger charge is -2.05. The summed E-state index contributed by atoms with van der Waals surface area (Å²) in [5.41, 5.74) is 5.35. The van der Waals surface area contributed by atoms with E-state index in [1.165, 1.54) is 5.56 Å². The summed E-state index contributed by atoms with van der Waals surface area (Å²) in [5.74, 6) is -0.188. The second-order valence-corrected chi connectivity index (χ2v) is 3.41. The highest BCUT2D eigenvalue weighted by Crippen LogP contribution is 2.22. The molecule has 1 amide bonds. The van der Waals surface area contributed by atoms with Gasteiger partial charge in [-0.25, -0.2) is 5.48 Å². The van der Waals surface area contributed by atoms with E-state index in [1.54, 1.807) is 6.07 Å². The molecule has 1 aliphatic heterocycles. The predicted octanol–water partition coefficient (Wildman–Crippen LogP) is 1.34. The Morgan fingerprint density at radius 1 is 1.60 bits per heavy atom. The third kappa shape index (κ3) is 2.10. The van der Waals surface area contributed by atoms with Crippen molar-refractivity contribution >= 4 is 11.6 Å². The molecule has 2 N–H and O–H groups in total. The number of anilines is 1. The number of amides is 1. The van der Waals surface area contributed by atoms with E-state index in [2.05, 4.69) is 10.8 Å². The molecule has 0 aliphatic carbocycles. The Balaban J connectivity index is 2.12. The number of benzene rings is 1. The summed E-state index contributed by atoms with van der Waals surface area (Å²) in [5, 5.41) is 3.25. The average molecular weight is 206 g/mol. The zero-order valence-electron chi connectivity index (χ0n) is 8.67. The number of carbonyl (C=O) groups excluding carboxylic acids is 1. The molecule has 0 bridgehead atoms. The normalized spacial score (nSPS) is 13.1. The van der Waals surface area contributed by atoms with Gasteiger partial charge in [0.2, 0.25) is 0 Å². The Hall–Kier alpha value is -1.55. The van der Waals surface area contributed by atoms with E-state index >= 15 is 0 Å². The highest BCUT2D eigenvalue weighted by atomic mass is 16.6. The highest BCUT2D eigenvalue weighted by Gasteiger charge is 2.13. The summed E-state index contributed by atoms with van der Waals surface area (Å²) < 4.78 is 0. The van der Waals surface area contributed by atoms with Gasteiger partial charge in [0.25, 0.3) is 5.91 Å². The highest BCUT2D eigenvalue weighted by molar-refractivity contribution is 5.94. The number of hydrogen-bond donors (Lipinski definition) is 2. The lowest BCUT2D eigenvalue weighted by molar-refractivity contribution is 0.0364. The molecular weight excluding hydrogens is 192 g/mol. The Morgan fingerprint density at radius 2 is 2.47 bits per heavy atom. The molecule has 0 atom stereocenters. The van der Waals surface area contributed by atoms with E-state index in [0.29, 0.717) is 12.2 Å². The summed E-state index contributed by atoms with van der Waals surface area (Å²) in [6.45, 7) is 3.25. The zero-order valence-corrected chi connectivity index (χ0v) is 8.67. The van der Waals surface area contributed by atoms with Crippen molar-refractivity contribution in [2.45, 2.75) is 13.3 Å². The van der Waals surface area contributed by atoms with Crippen molar-refractivity contribution < 1.29 is 9.63 Å². The van der Waals surface area contributed by atoms with Crippen LogP contribution in [-0.4, -0.2) is 19.1 Å². The summed E-state index contributed by atoms with van der Waals surface area (Å²) in [6.07, 6.45) is 0.977. The fraction of sp³-hybridized carbons (Fsp3) is 0.364. The van der Waals surface area contributed by atoms with Crippen molar-refractivity contribution in [3.63, 3.8) is 0 Å². The summed E-state index contributed by atoms with van der Waals surface area (Å²) in [7, 11) is 0. The Bertz CT molecular complexity index is 377. The zero-order chi connectivity index (χ0) is 10.7. The van der Waals surface area contributed by atoms with Gasteiger partial charge in [0.05, 0.1) is 6.61 Å². The molecule has 1 aliphatic rings. The molecule has 0 fully saturated rings. The number of carbonyl (C=O) groups is 1. The van der Waals surface area contributed by atoms with Crippen LogP contribution in [0.25, 0.3) is 0 Å². The molecule has 1 heterocycles. The van der Waals surface area contributed by atoms with E-state index in [4.69, 9.17) is 4.84 Å². The first-order chi connectivity index (χ1) is 7.31. The van der Waals surface area contributed by atoms with Gasteiger partial charge in [-0.3, -0.25) is 9.63 Å². The third-order valence-electron chi connectivity index (χ3n) is 2.39. The SMILES string of the molecule is CCONC(=O)c1ccc2c(c1)CCN2. The van der Waals surface area contributed by atoms with Crippen LogP contribution in [0.5, 0.6) is 0 Å². The molecule has 0 saturated heterocycles. The molecule has 0 aromatic heterocycles. The Morgan fingerprint density at radius 3 is 3.27 bits per heavy atom. The van der Waals surface area contributed by atoms with Crippen LogP contribution in [0.2, 0.25) is 0 Å². The molecular formula is C11H14N2O2. The van der Waals surface area contributed by atoms with Crippen molar-refractivity contribution in [3.8, 4) is 0 Å². The van der Waals surface area contributed by atoms with Crippen LogP contribution in [0.1, 0.15) is 22.8 Å². The molecule has 1 aromatic carbocycles. The van der Waals surface area contributed by atoms with Gasteiger partial charge in [0, 0.05) is 17.8 Å². The van der Waals surface area contributed by atoms with Gasteiger partial charge in [0.15, 0.2) is 0 Å². The van der Waals surface area contributed by atoms with Crippen LogP contribution < -0.4 is 10.8 Å². The predicted molar refractivity (Wildman–Crippen MR) is 57.7 cm³/mol. The Labute approximate surface area is 88.6 Å². The van der Waals surface area contributed by atoms with Gasteiger partial charge in [0.1, 0.15) is 0 Å². The third-order valence-corrected chi connectivity index (χ3v) is 2.39. The van der Waals surface area contributed by atoms with E-state index < -0.39 is 0 Å². The fourth-order valence-corrected chi connectivity index (χ4v) is 1.64. The maximum atomic E-state index is 11.5. The van der Waals surface area contributed by atoms with Crippen molar-refractivity contribution in [2.24, 2.45) is 0 Å². The molecule has 4 heteroatoms. The standard InChI is InChI=1S/C11H14N2O2/c1-2-15-13-11(14)9-3-4-10-8(7-9)5-6-12-10/h3-4,7,12H,2,5-6H2,1H3,(H,13,14). The van der Waals surface area contributed by atoms with Crippen LogP contribution in [0.15, 0.2) is 18.2 Å². The largest absolute Gasteiger partial charge is 0.384 e. The molecule has 0 saturated carbocycles. The van der Waals surface area contributed by atoms with Gasteiger partial charge in [-0.05, 0) is 37.1 Å². The summed E-state index contributed by atoms with van der Waals surface area (Å²) in [6, 6.07) is 5.64. The number of nitrogens with one attached hydrogen (secondary N) is 2. The van der Waals surface area contributed by atoms with E-state index in [1.807, 2.05) is 19.1 Å². The minimum atomic E-state index is -0.188. The number of fused-ring (bicyclic) bond motifs is 1. The van der Waals surface area contributed by atoms with E-state index in [0.717, 1.165) is 18.7 Å². The fourth-order valence-electron chi connectivity index (χ4n) is 1.64. The van der Waals surface area contributed by atoms with Gasteiger partial charge in [-0.1, -0.05) is 0 Å². The first-order valence-corrected chi connectivity index (χ1v) is 5.10. The van der Waals surface area contributed by atoms with Crippen molar-refractivity contribution in [3.05, 3.63) is 29.3 Å². The lowest BCUT2D eigenvalue weighted by atomic mass is 10.1. The first kappa shape index (κ1) is 9.98. The van der Waals surface area contributed by atoms with Gasteiger partial charge < -0.3 is 5.32 Å². The molecule has 1 aromatic rings. The van der Waals surface area contributed by atoms with Crippen molar-refractivity contribution in [1.82, 2.24) is 5.48 Å². The number of hydroxylamine groups is 1. The van der Waals surface area contributed by atoms with Crippen LogP contribution in [0.4, 0.5) is 5.69 Å². The van der Waals surface area contributed by atoms with Crippen LogP contribution in [-0.2, 0) is 11.3 Å². The lowest BCUT2D eigenvalue weighted by Crippen LogP contribution is -2.23. The minimum absolute atomic E-state index is 0.188. The maximum Gasteiger partial charge on any atom is 0.274 e. The van der Waals surface area contributed by atoms with Crippen molar-refractivity contribution in [1.29, 1.82) is 0 Å². The number of hydrogen-bond acceptors (Lipinski definition) is 3. The molecule has 15 heavy (non-hydrogen) atoms. The van der Waals surface area contributed by atoms with Crippen LogP contribution in [0.3, 0.4) is 0 Å². The van der Waals surface area contributed by atoms with E-state index in [-0.39, 0.29) is 5.91 Å². The Kier molecular flexibility index (Phi) is 2.87. The second kappa shape index (κ2) is 4.31. The quantitative estimate of drug-likeness (QED) is 0.734. The van der Waals surface area contributed by atoms with Crippen LogP contribution in [0, 0.1) is 0 Å². The molecule has 4 nitrogen and oxygen atoms in total. The molecule has 0 radical (unpaired) electrons. The first-order valence-electron chi connectivity index (χ1n) is 5.10. The molecule has 80 valence electrons. The number of rotatable bonds is 3.